The number of carbonyl (C=O) groups is 1. The van der Waals surface area contributed by atoms with Crippen LogP contribution in [0.25, 0.3) is 0 Å². The first-order valence-corrected chi connectivity index (χ1v) is 4.10. The molecule has 0 unspecified atom stereocenters. The number of rotatable bonds is 4. The molecule has 74 valence electrons. The third-order valence-electron chi connectivity index (χ3n) is 1.82. The molecule has 1 heterocycles. The highest BCUT2D eigenvalue weighted by Gasteiger charge is 2.14. The minimum atomic E-state index is -1.52. The summed E-state index contributed by atoms with van der Waals surface area (Å²) >= 11 is 0. The van der Waals surface area contributed by atoms with Crippen molar-refractivity contribution in [1.29, 1.82) is 0 Å². The van der Waals surface area contributed by atoms with Gasteiger partial charge >= 0.3 is 5.97 Å². The molecule has 0 aromatic rings. The van der Waals surface area contributed by atoms with Gasteiger partial charge in [-0.3, -0.25) is 0 Å². The maximum Gasteiger partial charge on any atom is 0.364 e. The quantitative estimate of drug-likeness (QED) is 0.624. The van der Waals surface area contributed by atoms with Crippen LogP contribution in [0.1, 0.15) is 6.42 Å². The molecule has 0 aromatic carbocycles. The predicted molar refractivity (Wildman–Crippen MR) is 44.1 cm³/mol. The number of hydrogen-bond acceptors (Lipinski definition) is 3. The highest BCUT2D eigenvalue weighted by Crippen LogP contribution is 2.03. The van der Waals surface area contributed by atoms with Gasteiger partial charge in [-0.2, -0.15) is 4.39 Å². The number of halogens is 1. The smallest absolute Gasteiger partial charge is 0.364 e. The SMILES string of the molecule is O=C(O)/C(F)=C/CN[C@H]1CCOC1. The van der Waals surface area contributed by atoms with E-state index in [4.69, 9.17) is 9.84 Å². The molecule has 1 aliphatic rings. The second-order valence-electron chi connectivity index (χ2n) is 2.83. The molecule has 5 heteroatoms. The van der Waals surface area contributed by atoms with E-state index in [2.05, 4.69) is 5.32 Å². The second kappa shape index (κ2) is 4.94. The number of aliphatic carboxylic acids is 1. The van der Waals surface area contributed by atoms with Gasteiger partial charge in [0.05, 0.1) is 6.61 Å². The molecule has 1 rings (SSSR count). The van der Waals surface area contributed by atoms with Crippen molar-refractivity contribution in [3.05, 3.63) is 11.9 Å². The number of hydrogen-bond donors (Lipinski definition) is 2. The van der Waals surface area contributed by atoms with Crippen LogP contribution in [0.15, 0.2) is 11.9 Å². The molecule has 13 heavy (non-hydrogen) atoms. The lowest BCUT2D eigenvalue weighted by Crippen LogP contribution is -2.29. The summed E-state index contributed by atoms with van der Waals surface area (Å²) in [6.07, 6.45) is 1.91. The Bertz CT molecular complexity index is 211. The van der Waals surface area contributed by atoms with Crippen molar-refractivity contribution in [3.63, 3.8) is 0 Å². The maximum atomic E-state index is 12.4. The molecule has 0 aromatic heterocycles. The van der Waals surface area contributed by atoms with E-state index in [-0.39, 0.29) is 12.6 Å². The Kier molecular flexibility index (Phi) is 3.85. The van der Waals surface area contributed by atoms with Crippen LogP contribution in [0.5, 0.6) is 0 Å². The lowest BCUT2D eigenvalue weighted by atomic mass is 10.2. The lowest BCUT2D eigenvalue weighted by molar-refractivity contribution is -0.134. The topological polar surface area (TPSA) is 58.6 Å². The molecule has 0 radical (unpaired) electrons. The van der Waals surface area contributed by atoms with E-state index >= 15 is 0 Å². The van der Waals surface area contributed by atoms with Crippen LogP contribution in [0.4, 0.5) is 4.39 Å². The molecule has 0 aliphatic carbocycles. The fourth-order valence-corrected chi connectivity index (χ4v) is 1.10. The van der Waals surface area contributed by atoms with Gasteiger partial charge in [0, 0.05) is 19.2 Å². The summed E-state index contributed by atoms with van der Waals surface area (Å²) in [5.41, 5.74) is 0. The lowest BCUT2D eigenvalue weighted by Gasteiger charge is -2.06. The average molecular weight is 189 g/mol. The second-order valence-corrected chi connectivity index (χ2v) is 2.83. The first-order valence-electron chi connectivity index (χ1n) is 4.10. The average Bonchev–Trinajstić information content (AvgIpc) is 2.56. The van der Waals surface area contributed by atoms with Crippen LogP contribution in [-0.2, 0) is 9.53 Å². The Morgan fingerprint density at radius 3 is 3.08 bits per heavy atom. The Morgan fingerprint density at radius 1 is 1.77 bits per heavy atom. The molecular formula is C8H12FNO3. The molecule has 0 saturated carbocycles. The largest absolute Gasteiger partial charge is 0.476 e. The highest BCUT2D eigenvalue weighted by molar-refractivity contribution is 5.83. The summed E-state index contributed by atoms with van der Waals surface area (Å²) in [5.74, 6) is -2.64. The van der Waals surface area contributed by atoms with Gasteiger partial charge in [-0.05, 0) is 12.5 Å². The fourth-order valence-electron chi connectivity index (χ4n) is 1.10. The molecule has 0 spiro atoms. The first-order chi connectivity index (χ1) is 6.20. The highest BCUT2D eigenvalue weighted by atomic mass is 19.1. The van der Waals surface area contributed by atoms with Crippen LogP contribution in [0.3, 0.4) is 0 Å². The Labute approximate surface area is 75.4 Å². The Morgan fingerprint density at radius 2 is 2.54 bits per heavy atom. The van der Waals surface area contributed by atoms with Gasteiger partial charge in [-0.1, -0.05) is 0 Å². The van der Waals surface area contributed by atoms with Gasteiger partial charge in [0.2, 0.25) is 5.83 Å². The predicted octanol–water partition coefficient (Wildman–Crippen LogP) is 0.303. The van der Waals surface area contributed by atoms with Gasteiger partial charge in [0.1, 0.15) is 0 Å². The molecule has 1 fully saturated rings. The zero-order valence-electron chi connectivity index (χ0n) is 7.12. The summed E-state index contributed by atoms with van der Waals surface area (Å²) in [5, 5.41) is 11.1. The molecule has 1 atom stereocenters. The number of carboxylic acids is 1. The number of nitrogens with one attached hydrogen (secondary N) is 1. The molecule has 2 N–H and O–H groups in total. The van der Waals surface area contributed by atoms with Gasteiger partial charge in [-0.15, -0.1) is 0 Å². The van der Waals surface area contributed by atoms with Crippen LogP contribution >= 0.6 is 0 Å². The van der Waals surface area contributed by atoms with Gasteiger partial charge in [-0.25, -0.2) is 4.79 Å². The minimum absolute atomic E-state index is 0.220. The van der Waals surface area contributed by atoms with Crippen molar-refractivity contribution >= 4 is 5.97 Å². The zero-order valence-corrected chi connectivity index (χ0v) is 7.12. The molecular weight excluding hydrogens is 177 g/mol. The summed E-state index contributed by atoms with van der Waals surface area (Å²) < 4.78 is 17.5. The van der Waals surface area contributed by atoms with Crippen molar-refractivity contribution in [2.75, 3.05) is 19.8 Å². The van der Waals surface area contributed by atoms with Crippen molar-refractivity contribution in [3.8, 4) is 0 Å². The third kappa shape index (κ3) is 3.52. The van der Waals surface area contributed by atoms with Crippen LogP contribution < -0.4 is 5.32 Å². The summed E-state index contributed by atoms with van der Waals surface area (Å²) in [4.78, 5) is 10.0. The minimum Gasteiger partial charge on any atom is -0.476 e. The molecule has 0 bridgehead atoms. The summed E-state index contributed by atoms with van der Waals surface area (Å²) in [7, 11) is 0. The fraction of sp³-hybridized carbons (Fsp3) is 0.625. The van der Waals surface area contributed by atoms with Crippen molar-refractivity contribution in [1.82, 2.24) is 5.32 Å². The van der Waals surface area contributed by atoms with E-state index in [1.807, 2.05) is 0 Å². The summed E-state index contributed by atoms with van der Waals surface area (Å²) in [6.45, 7) is 1.55. The van der Waals surface area contributed by atoms with Crippen molar-refractivity contribution in [2.45, 2.75) is 12.5 Å². The van der Waals surface area contributed by atoms with Crippen LogP contribution in [0, 0.1) is 0 Å². The van der Waals surface area contributed by atoms with Crippen LogP contribution in [0.2, 0.25) is 0 Å². The first kappa shape index (κ1) is 10.1. The summed E-state index contributed by atoms with van der Waals surface area (Å²) in [6, 6.07) is 0.220. The van der Waals surface area contributed by atoms with Gasteiger partial charge in [0.15, 0.2) is 0 Å². The van der Waals surface area contributed by atoms with Crippen LogP contribution in [-0.4, -0.2) is 36.9 Å². The standard InChI is InChI=1S/C8H12FNO3/c9-7(8(11)12)1-3-10-6-2-4-13-5-6/h1,6,10H,2-5H2,(H,11,12)/b7-1-/t6-/m0/s1. The Balaban J connectivity index is 2.18. The van der Waals surface area contributed by atoms with E-state index in [1.165, 1.54) is 0 Å². The zero-order chi connectivity index (χ0) is 9.68. The normalized spacial score (nSPS) is 23.5. The molecule has 0 amide bonds. The monoisotopic (exact) mass is 189 g/mol. The van der Waals surface area contributed by atoms with Gasteiger partial charge < -0.3 is 15.2 Å². The van der Waals surface area contributed by atoms with Gasteiger partial charge in [0.25, 0.3) is 0 Å². The number of ether oxygens (including phenoxy) is 1. The molecule has 1 saturated heterocycles. The van der Waals surface area contributed by atoms with E-state index in [0.717, 1.165) is 12.5 Å². The van der Waals surface area contributed by atoms with Crippen molar-refractivity contribution in [2.24, 2.45) is 0 Å². The molecule has 1 aliphatic heterocycles. The Hall–Kier alpha value is -0.940. The molecule has 4 nitrogen and oxygen atoms in total. The van der Waals surface area contributed by atoms with Crippen molar-refractivity contribution < 1.29 is 19.0 Å². The third-order valence-corrected chi connectivity index (χ3v) is 1.82. The van der Waals surface area contributed by atoms with E-state index < -0.39 is 11.8 Å². The maximum absolute atomic E-state index is 12.4. The van der Waals surface area contributed by atoms with E-state index in [9.17, 15) is 9.18 Å². The number of carboxylic acid groups (broad SMARTS) is 1. The van der Waals surface area contributed by atoms with E-state index in [0.29, 0.717) is 13.2 Å². The van der Waals surface area contributed by atoms with E-state index in [1.54, 1.807) is 0 Å².